The Bertz CT molecular complexity index is 520. The Hall–Kier alpha value is -1.81. The molecule has 1 aromatic heterocycles. The van der Waals surface area contributed by atoms with E-state index in [1.807, 2.05) is 30.3 Å². The standard InChI is InChI=1S/C14H15NO2S/c1-11(15-16)12-4-2-5-13(10-12)17-8-7-14-6-3-9-18-14/h2-6,9-10,16H,7-8H2,1H3. The molecule has 0 spiro atoms. The Morgan fingerprint density at radius 3 is 2.94 bits per heavy atom. The molecule has 0 saturated carbocycles. The maximum Gasteiger partial charge on any atom is 0.119 e. The molecular weight excluding hydrogens is 246 g/mol. The van der Waals surface area contributed by atoms with Crippen molar-refractivity contribution in [1.29, 1.82) is 0 Å². The van der Waals surface area contributed by atoms with Crippen LogP contribution >= 0.6 is 11.3 Å². The van der Waals surface area contributed by atoms with Crippen LogP contribution < -0.4 is 4.74 Å². The molecule has 1 N–H and O–H groups in total. The van der Waals surface area contributed by atoms with Crippen LogP contribution in [-0.2, 0) is 6.42 Å². The van der Waals surface area contributed by atoms with Crippen LogP contribution in [0.1, 0.15) is 17.4 Å². The van der Waals surface area contributed by atoms with Crippen LogP contribution in [0, 0.1) is 0 Å². The predicted molar refractivity (Wildman–Crippen MR) is 74.0 cm³/mol. The second-order valence-corrected chi connectivity index (χ2v) is 4.92. The van der Waals surface area contributed by atoms with E-state index in [2.05, 4.69) is 16.6 Å². The Balaban J connectivity index is 1.93. The molecule has 0 amide bonds. The molecule has 1 aromatic carbocycles. The third-order valence-corrected chi connectivity index (χ3v) is 3.54. The first-order valence-electron chi connectivity index (χ1n) is 5.74. The monoisotopic (exact) mass is 261 g/mol. The van der Waals surface area contributed by atoms with Crippen molar-refractivity contribution in [3.8, 4) is 5.75 Å². The Morgan fingerprint density at radius 1 is 1.33 bits per heavy atom. The highest BCUT2D eigenvalue weighted by atomic mass is 32.1. The summed E-state index contributed by atoms with van der Waals surface area (Å²) in [7, 11) is 0. The van der Waals surface area contributed by atoms with Gasteiger partial charge in [0.25, 0.3) is 0 Å². The Labute approximate surface area is 110 Å². The molecule has 0 radical (unpaired) electrons. The van der Waals surface area contributed by atoms with Gasteiger partial charge in [0.05, 0.1) is 12.3 Å². The summed E-state index contributed by atoms with van der Waals surface area (Å²) in [6.45, 7) is 2.41. The topological polar surface area (TPSA) is 41.8 Å². The molecule has 1 heterocycles. The van der Waals surface area contributed by atoms with E-state index >= 15 is 0 Å². The molecule has 2 aromatic rings. The van der Waals surface area contributed by atoms with Gasteiger partial charge in [0, 0.05) is 16.9 Å². The van der Waals surface area contributed by atoms with E-state index in [9.17, 15) is 0 Å². The van der Waals surface area contributed by atoms with Gasteiger partial charge in [0.2, 0.25) is 0 Å². The van der Waals surface area contributed by atoms with Gasteiger partial charge in [-0.3, -0.25) is 0 Å². The lowest BCUT2D eigenvalue weighted by Gasteiger charge is -2.06. The van der Waals surface area contributed by atoms with E-state index in [-0.39, 0.29) is 0 Å². The van der Waals surface area contributed by atoms with Crippen LogP contribution in [-0.4, -0.2) is 17.5 Å². The van der Waals surface area contributed by atoms with Gasteiger partial charge < -0.3 is 9.94 Å². The van der Waals surface area contributed by atoms with Crippen molar-refractivity contribution in [2.24, 2.45) is 5.16 Å². The fourth-order valence-corrected chi connectivity index (χ4v) is 2.28. The first-order chi connectivity index (χ1) is 8.79. The number of oxime groups is 1. The van der Waals surface area contributed by atoms with Crippen molar-refractivity contribution >= 4 is 17.0 Å². The van der Waals surface area contributed by atoms with Crippen LogP contribution in [0.25, 0.3) is 0 Å². The van der Waals surface area contributed by atoms with Crippen LogP contribution in [0.15, 0.2) is 46.9 Å². The smallest absolute Gasteiger partial charge is 0.119 e. The van der Waals surface area contributed by atoms with E-state index in [0.29, 0.717) is 12.3 Å². The second kappa shape index (κ2) is 6.21. The van der Waals surface area contributed by atoms with E-state index < -0.39 is 0 Å². The number of thiophene rings is 1. The van der Waals surface area contributed by atoms with E-state index in [4.69, 9.17) is 9.94 Å². The normalized spacial score (nSPS) is 11.5. The van der Waals surface area contributed by atoms with Crippen molar-refractivity contribution in [3.05, 3.63) is 52.2 Å². The number of nitrogens with zero attached hydrogens (tertiary/aromatic N) is 1. The summed E-state index contributed by atoms with van der Waals surface area (Å²) in [6, 6.07) is 11.7. The minimum Gasteiger partial charge on any atom is -0.493 e. The molecule has 3 nitrogen and oxygen atoms in total. The zero-order valence-corrected chi connectivity index (χ0v) is 11.0. The van der Waals surface area contributed by atoms with E-state index in [0.717, 1.165) is 17.7 Å². The predicted octanol–water partition coefficient (Wildman–Crippen LogP) is 3.57. The maximum absolute atomic E-state index is 8.73. The van der Waals surface area contributed by atoms with E-state index in [1.54, 1.807) is 18.3 Å². The lowest BCUT2D eigenvalue weighted by atomic mass is 10.1. The molecule has 0 fully saturated rings. The summed E-state index contributed by atoms with van der Waals surface area (Å²) >= 11 is 1.74. The summed E-state index contributed by atoms with van der Waals surface area (Å²) < 4.78 is 5.68. The molecule has 0 aliphatic carbocycles. The van der Waals surface area contributed by atoms with Crippen molar-refractivity contribution in [2.75, 3.05) is 6.61 Å². The van der Waals surface area contributed by atoms with Crippen LogP contribution in [0.5, 0.6) is 5.75 Å². The third kappa shape index (κ3) is 3.34. The molecular formula is C14H15NO2S. The third-order valence-electron chi connectivity index (χ3n) is 2.60. The molecule has 0 bridgehead atoms. The highest BCUT2D eigenvalue weighted by Gasteiger charge is 2.01. The molecule has 4 heteroatoms. The summed E-state index contributed by atoms with van der Waals surface area (Å²) in [6.07, 6.45) is 0.912. The number of benzene rings is 1. The van der Waals surface area contributed by atoms with Crippen LogP contribution in [0.4, 0.5) is 0 Å². The van der Waals surface area contributed by atoms with E-state index in [1.165, 1.54) is 4.88 Å². The van der Waals surface area contributed by atoms with Crippen molar-refractivity contribution in [3.63, 3.8) is 0 Å². The lowest BCUT2D eigenvalue weighted by Crippen LogP contribution is -2.01. The number of ether oxygens (including phenoxy) is 1. The van der Waals surface area contributed by atoms with Gasteiger partial charge >= 0.3 is 0 Å². The van der Waals surface area contributed by atoms with Crippen molar-refractivity contribution in [1.82, 2.24) is 0 Å². The first-order valence-corrected chi connectivity index (χ1v) is 6.62. The number of hydrogen-bond donors (Lipinski definition) is 1. The van der Waals surface area contributed by atoms with Crippen molar-refractivity contribution < 1.29 is 9.94 Å². The lowest BCUT2D eigenvalue weighted by molar-refractivity contribution is 0.318. The average Bonchev–Trinajstić information content (AvgIpc) is 2.91. The van der Waals surface area contributed by atoms with Gasteiger partial charge in [0.1, 0.15) is 5.75 Å². The second-order valence-electron chi connectivity index (χ2n) is 3.89. The van der Waals surface area contributed by atoms with Crippen LogP contribution in [0.2, 0.25) is 0 Å². The fraction of sp³-hybridized carbons (Fsp3) is 0.214. The van der Waals surface area contributed by atoms with Gasteiger partial charge in [-0.15, -0.1) is 11.3 Å². The summed E-state index contributed by atoms with van der Waals surface area (Å²) in [5, 5.41) is 14.0. The molecule has 0 aliphatic heterocycles. The minimum absolute atomic E-state index is 0.582. The van der Waals surface area contributed by atoms with Gasteiger partial charge in [-0.25, -0.2) is 0 Å². The molecule has 2 rings (SSSR count). The zero-order chi connectivity index (χ0) is 12.8. The Kier molecular flexibility index (Phi) is 4.36. The summed E-state index contributed by atoms with van der Waals surface area (Å²) in [5.41, 5.74) is 1.45. The maximum atomic E-state index is 8.73. The van der Waals surface area contributed by atoms with Gasteiger partial charge in [-0.05, 0) is 30.5 Å². The van der Waals surface area contributed by atoms with Crippen molar-refractivity contribution in [2.45, 2.75) is 13.3 Å². The molecule has 94 valence electrons. The SMILES string of the molecule is CC(=NO)c1cccc(OCCc2cccs2)c1. The molecule has 0 unspecified atom stereocenters. The zero-order valence-electron chi connectivity index (χ0n) is 10.2. The molecule has 0 atom stereocenters. The van der Waals surface area contributed by atoms with Crippen LogP contribution in [0.3, 0.4) is 0 Å². The van der Waals surface area contributed by atoms with Gasteiger partial charge in [-0.1, -0.05) is 23.4 Å². The highest BCUT2D eigenvalue weighted by molar-refractivity contribution is 7.09. The van der Waals surface area contributed by atoms with Gasteiger partial charge in [0.15, 0.2) is 0 Å². The Morgan fingerprint density at radius 2 is 2.22 bits per heavy atom. The molecule has 0 saturated heterocycles. The number of rotatable bonds is 5. The quantitative estimate of drug-likeness (QED) is 0.508. The summed E-state index contributed by atoms with van der Waals surface area (Å²) in [5.74, 6) is 0.798. The first kappa shape index (κ1) is 12.6. The average molecular weight is 261 g/mol. The number of hydrogen-bond acceptors (Lipinski definition) is 4. The minimum atomic E-state index is 0.582. The summed E-state index contributed by atoms with van der Waals surface area (Å²) in [4.78, 5) is 1.32. The molecule has 18 heavy (non-hydrogen) atoms. The largest absolute Gasteiger partial charge is 0.493 e. The fourth-order valence-electron chi connectivity index (χ4n) is 1.59. The molecule has 0 aliphatic rings. The van der Waals surface area contributed by atoms with Gasteiger partial charge in [-0.2, -0.15) is 0 Å². The highest BCUT2D eigenvalue weighted by Crippen LogP contribution is 2.15.